The lowest BCUT2D eigenvalue weighted by atomic mass is 10.1. The summed E-state index contributed by atoms with van der Waals surface area (Å²) in [6, 6.07) is 2.01. The Balaban J connectivity index is 2.43. The van der Waals surface area contributed by atoms with Crippen LogP contribution in [0.4, 0.5) is 0 Å². The molecular weight excluding hydrogens is 190 g/mol. The van der Waals surface area contributed by atoms with Gasteiger partial charge in [-0.15, -0.1) is 0 Å². The molecule has 0 spiro atoms. The zero-order valence-corrected chi connectivity index (χ0v) is 8.70. The van der Waals surface area contributed by atoms with Crippen LogP contribution in [0, 0.1) is 6.92 Å². The number of hydrogen-bond acceptors (Lipinski definition) is 3. The van der Waals surface area contributed by atoms with Gasteiger partial charge in [-0.05, 0) is 23.6 Å². The summed E-state index contributed by atoms with van der Waals surface area (Å²) in [6.07, 6.45) is 5.16. The summed E-state index contributed by atoms with van der Waals surface area (Å²) in [5.74, 6) is 1.44. The van der Waals surface area contributed by atoms with E-state index < -0.39 is 0 Å². The van der Waals surface area contributed by atoms with Crippen LogP contribution in [0.1, 0.15) is 17.0 Å². The van der Waals surface area contributed by atoms with E-state index >= 15 is 0 Å². The van der Waals surface area contributed by atoms with Crippen molar-refractivity contribution in [2.24, 2.45) is 0 Å². The summed E-state index contributed by atoms with van der Waals surface area (Å²) in [4.78, 5) is 4.41. The van der Waals surface area contributed by atoms with Crippen LogP contribution in [0.3, 0.4) is 0 Å². The first-order valence-electron chi connectivity index (χ1n) is 4.93. The van der Waals surface area contributed by atoms with Crippen molar-refractivity contribution < 1.29 is 9.15 Å². The molecule has 1 aliphatic carbocycles. The van der Waals surface area contributed by atoms with Gasteiger partial charge in [0.25, 0.3) is 0 Å². The molecule has 1 aromatic heterocycles. The minimum Gasteiger partial charge on any atom is -0.493 e. The molecule has 3 rings (SSSR count). The fourth-order valence-corrected chi connectivity index (χ4v) is 2.05. The van der Waals surface area contributed by atoms with Gasteiger partial charge in [-0.3, -0.25) is 0 Å². The summed E-state index contributed by atoms with van der Waals surface area (Å²) in [5.41, 5.74) is 4.12. The number of fused-ring (bicyclic) bond motifs is 3. The van der Waals surface area contributed by atoms with Gasteiger partial charge in [0.15, 0.2) is 17.2 Å². The second-order valence-electron chi connectivity index (χ2n) is 3.66. The quantitative estimate of drug-likeness (QED) is 0.711. The van der Waals surface area contributed by atoms with Crippen LogP contribution in [0.15, 0.2) is 16.6 Å². The third kappa shape index (κ3) is 1.09. The number of ether oxygens (including phenoxy) is 1. The van der Waals surface area contributed by atoms with Crippen molar-refractivity contribution in [3.05, 3.63) is 29.2 Å². The Morgan fingerprint density at radius 3 is 3.13 bits per heavy atom. The van der Waals surface area contributed by atoms with Crippen LogP contribution in [0.5, 0.6) is 5.75 Å². The lowest BCUT2D eigenvalue weighted by molar-refractivity contribution is 0.408. The van der Waals surface area contributed by atoms with Gasteiger partial charge in [0.05, 0.1) is 7.11 Å². The molecule has 1 aromatic carbocycles. The summed E-state index contributed by atoms with van der Waals surface area (Å²) >= 11 is 0. The summed E-state index contributed by atoms with van der Waals surface area (Å²) in [7, 11) is 1.65. The SMILES string of the molecule is COc1cc2c(c3nc(C)oc13)CC=C2. The second-order valence-corrected chi connectivity index (χ2v) is 3.66. The molecule has 3 nitrogen and oxygen atoms in total. The Bertz CT molecular complexity index is 566. The van der Waals surface area contributed by atoms with E-state index in [0.717, 1.165) is 23.3 Å². The van der Waals surface area contributed by atoms with Gasteiger partial charge in [0.2, 0.25) is 0 Å². The maximum absolute atomic E-state index is 5.55. The number of benzene rings is 1. The Labute approximate surface area is 87.4 Å². The third-order valence-corrected chi connectivity index (χ3v) is 2.72. The first-order valence-corrected chi connectivity index (χ1v) is 4.93. The monoisotopic (exact) mass is 201 g/mol. The second kappa shape index (κ2) is 2.86. The van der Waals surface area contributed by atoms with E-state index in [1.165, 1.54) is 11.1 Å². The maximum atomic E-state index is 5.55. The molecule has 0 aliphatic heterocycles. The van der Waals surface area contributed by atoms with E-state index in [2.05, 4.69) is 17.1 Å². The van der Waals surface area contributed by atoms with Gasteiger partial charge in [-0.2, -0.15) is 0 Å². The van der Waals surface area contributed by atoms with Crippen molar-refractivity contribution in [1.82, 2.24) is 4.98 Å². The fraction of sp³-hybridized carbons (Fsp3) is 0.250. The van der Waals surface area contributed by atoms with Crippen LogP contribution in [0.2, 0.25) is 0 Å². The number of nitrogens with zero attached hydrogens (tertiary/aromatic N) is 1. The molecule has 0 N–H and O–H groups in total. The zero-order valence-electron chi connectivity index (χ0n) is 8.70. The van der Waals surface area contributed by atoms with Gasteiger partial charge in [0, 0.05) is 6.92 Å². The van der Waals surface area contributed by atoms with E-state index in [1.54, 1.807) is 7.11 Å². The van der Waals surface area contributed by atoms with Crippen LogP contribution >= 0.6 is 0 Å². The van der Waals surface area contributed by atoms with Crippen molar-refractivity contribution in [1.29, 1.82) is 0 Å². The molecular formula is C12H11NO2. The zero-order chi connectivity index (χ0) is 10.4. The Morgan fingerprint density at radius 1 is 1.47 bits per heavy atom. The summed E-state index contributed by atoms with van der Waals surface area (Å²) in [6.45, 7) is 1.86. The lowest BCUT2D eigenvalue weighted by Crippen LogP contribution is -1.89. The maximum Gasteiger partial charge on any atom is 0.196 e. The molecule has 1 aliphatic rings. The summed E-state index contributed by atoms with van der Waals surface area (Å²) < 4.78 is 10.8. The fourth-order valence-electron chi connectivity index (χ4n) is 2.05. The van der Waals surface area contributed by atoms with Crippen LogP contribution in [-0.4, -0.2) is 12.1 Å². The predicted molar refractivity (Wildman–Crippen MR) is 58.0 cm³/mol. The first kappa shape index (κ1) is 8.53. The largest absolute Gasteiger partial charge is 0.493 e. The minimum atomic E-state index is 0.684. The van der Waals surface area contributed by atoms with Crippen molar-refractivity contribution in [3.63, 3.8) is 0 Å². The van der Waals surface area contributed by atoms with E-state index in [4.69, 9.17) is 9.15 Å². The van der Waals surface area contributed by atoms with Crippen LogP contribution < -0.4 is 4.74 Å². The molecule has 0 saturated heterocycles. The van der Waals surface area contributed by atoms with Crippen molar-refractivity contribution >= 4 is 17.2 Å². The number of methoxy groups -OCH3 is 1. The molecule has 0 radical (unpaired) electrons. The van der Waals surface area contributed by atoms with Gasteiger partial charge >= 0.3 is 0 Å². The highest BCUT2D eigenvalue weighted by Gasteiger charge is 2.18. The molecule has 1 heterocycles. The molecule has 2 aromatic rings. The first-order chi connectivity index (χ1) is 7.29. The molecule has 76 valence electrons. The van der Waals surface area contributed by atoms with E-state index in [0.29, 0.717) is 5.89 Å². The topological polar surface area (TPSA) is 35.3 Å². The van der Waals surface area contributed by atoms with Gasteiger partial charge in [0.1, 0.15) is 5.52 Å². The number of oxazole rings is 1. The van der Waals surface area contributed by atoms with Crippen LogP contribution in [0.25, 0.3) is 17.2 Å². The average Bonchev–Trinajstić information content (AvgIpc) is 2.80. The average molecular weight is 201 g/mol. The Morgan fingerprint density at radius 2 is 2.33 bits per heavy atom. The smallest absolute Gasteiger partial charge is 0.196 e. The molecule has 15 heavy (non-hydrogen) atoms. The van der Waals surface area contributed by atoms with Gasteiger partial charge in [-0.1, -0.05) is 12.2 Å². The molecule has 0 bridgehead atoms. The highest BCUT2D eigenvalue weighted by Crippen LogP contribution is 2.35. The third-order valence-electron chi connectivity index (χ3n) is 2.72. The normalized spacial score (nSPS) is 13.5. The molecule has 0 unspecified atom stereocenters. The standard InChI is InChI=1S/C12H11NO2/c1-7-13-11-9-5-3-4-8(9)6-10(14-2)12(11)15-7/h3-4,6H,5H2,1-2H3. The van der Waals surface area contributed by atoms with Crippen molar-refractivity contribution in [3.8, 4) is 5.75 Å². The van der Waals surface area contributed by atoms with Gasteiger partial charge < -0.3 is 9.15 Å². The number of aromatic nitrogens is 1. The molecule has 3 heteroatoms. The number of rotatable bonds is 1. The number of allylic oxidation sites excluding steroid dienone is 1. The predicted octanol–water partition coefficient (Wildman–Crippen LogP) is 2.71. The number of aryl methyl sites for hydroxylation is 1. The molecule has 0 amide bonds. The summed E-state index contributed by atoms with van der Waals surface area (Å²) in [5, 5.41) is 0. The van der Waals surface area contributed by atoms with Gasteiger partial charge in [-0.25, -0.2) is 4.98 Å². The molecule has 0 saturated carbocycles. The Hall–Kier alpha value is -1.77. The van der Waals surface area contributed by atoms with E-state index in [9.17, 15) is 0 Å². The van der Waals surface area contributed by atoms with Crippen LogP contribution in [-0.2, 0) is 6.42 Å². The Kier molecular flexibility index (Phi) is 1.63. The molecule has 0 atom stereocenters. The minimum absolute atomic E-state index is 0.684. The highest BCUT2D eigenvalue weighted by molar-refractivity contribution is 5.88. The molecule has 0 fully saturated rings. The number of hydrogen-bond donors (Lipinski definition) is 0. The van der Waals surface area contributed by atoms with Crippen molar-refractivity contribution in [2.75, 3.05) is 7.11 Å². The van der Waals surface area contributed by atoms with E-state index in [-0.39, 0.29) is 0 Å². The highest BCUT2D eigenvalue weighted by atomic mass is 16.5. The van der Waals surface area contributed by atoms with Crippen molar-refractivity contribution in [2.45, 2.75) is 13.3 Å². The lowest BCUT2D eigenvalue weighted by Gasteiger charge is -2.04. The van der Waals surface area contributed by atoms with E-state index in [1.807, 2.05) is 13.0 Å².